The quantitative estimate of drug-likeness (QED) is 0.727. The van der Waals surface area contributed by atoms with Gasteiger partial charge >= 0.3 is 11.9 Å². The molecule has 6 nitrogen and oxygen atoms in total. The average molecular weight is 396 g/mol. The van der Waals surface area contributed by atoms with Crippen molar-refractivity contribution in [3.05, 3.63) is 46.3 Å². The number of nitrogens with one attached hydrogen (secondary N) is 1. The monoisotopic (exact) mass is 395 g/mol. The number of ether oxygens (including phenoxy) is 2. The maximum absolute atomic E-state index is 12.4. The summed E-state index contributed by atoms with van der Waals surface area (Å²) in [5.41, 5.74) is 0.939. The molecule has 0 radical (unpaired) electrons. The number of carbonyl (C=O) groups is 3. The number of carbonyl (C=O) groups excluding carboxylic acids is 3. The summed E-state index contributed by atoms with van der Waals surface area (Å²) in [5, 5.41) is 3.24. The highest BCUT2D eigenvalue weighted by atomic mass is 35.5. The van der Waals surface area contributed by atoms with Crippen LogP contribution >= 0.6 is 22.9 Å². The number of methoxy groups -OCH3 is 2. The van der Waals surface area contributed by atoms with Crippen LogP contribution in [0.25, 0.3) is 10.4 Å². The first-order valence-corrected chi connectivity index (χ1v) is 8.95. The molecule has 0 unspecified atom stereocenters. The lowest BCUT2D eigenvalue weighted by Gasteiger charge is -2.15. The lowest BCUT2D eigenvalue weighted by atomic mass is 10.1. The van der Waals surface area contributed by atoms with E-state index < -0.39 is 23.9 Å². The molecular formula is C18H18ClNO5S. The predicted octanol–water partition coefficient (Wildman–Crippen LogP) is 3.29. The molecule has 8 heteroatoms. The number of hydrogen-bond donors (Lipinski definition) is 1. The Labute approximate surface area is 160 Å². The zero-order valence-corrected chi connectivity index (χ0v) is 15.9. The second-order valence-corrected chi connectivity index (χ2v) is 6.86. The second kappa shape index (κ2) is 9.35. The van der Waals surface area contributed by atoms with Crippen LogP contribution in [0.1, 0.15) is 22.5 Å². The topological polar surface area (TPSA) is 81.7 Å². The molecule has 1 N–H and O–H groups in total. The zero-order chi connectivity index (χ0) is 19.1. The number of amides is 1. The minimum Gasteiger partial charge on any atom is -0.469 e. The third kappa shape index (κ3) is 5.31. The minimum absolute atomic E-state index is 0.00296. The van der Waals surface area contributed by atoms with Gasteiger partial charge in [0.05, 0.1) is 19.1 Å². The van der Waals surface area contributed by atoms with Gasteiger partial charge in [-0.1, -0.05) is 23.7 Å². The number of halogens is 1. The molecule has 1 atom stereocenters. The highest BCUT2D eigenvalue weighted by molar-refractivity contribution is 7.17. The standard InChI is InChI=1S/C18H18ClNO5S/c1-24-16(21)10-7-13(18(23)25-2)20-17(22)15-9-8-14(26-15)11-3-5-12(19)6-4-11/h3-6,8-9,13H,7,10H2,1-2H3,(H,20,22)/t13-/m0/s1. The zero-order valence-electron chi connectivity index (χ0n) is 14.3. The van der Waals surface area contributed by atoms with E-state index in [4.69, 9.17) is 11.6 Å². The first-order chi connectivity index (χ1) is 12.4. The molecule has 0 aliphatic carbocycles. The summed E-state index contributed by atoms with van der Waals surface area (Å²) in [6.07, 6.45) is 0.0948. The van der Waals surface area contributed by atoms with Crippen molar-refractivity contribution in [2.24, 2.45) is 0 Å². The van der Waals surface area contributed by atoms with Gasteiger partial charge in [0.2, 0.25) is 0 Å². The van der Waals surface area contributed by atoms with Gasteiger partial charge in [-0.25, -0.2) is 4.79 Å². The molecule has 138 valence electrons. The molecule has 0 aliphatic heterocycles. The molecule has 2 rings (SSSR count). The first kappa shape index (κ1) is 19.9. The van der Waals surface area contributed by atoms with Gasteiger partial charge in [0.15, 0.2) is 0 Å². The Kier molecular flexibility index (Phi) is 7.17. The number of benzene rings is 1. The predicted molar refractivity (Wildman–Crippen MR) is 99.3 cm³/mol. The van der Waals surface area contributed by atoms with Crippen LogP contribution in [-0.2, 0) is 19.1 Å². The Bertz CT molecular complexity index is 787. The van der Waals surface area contributed by atoms with Crippen molar-refractivity contribution in [1.29, 1.82) is 0 Å². The summed E-state index contributed by atoms with van der Waals surface area (Å²) in [6.45, 7) is 0. The summed E-state index contributed by atoms with van der Waals surface area (Å²) >= 11 is 7.17. The molecule has 2 aromatic rings. The molecular weight excluding hydrogens is 378 g/mol. The summed E-state index contributed by atoms with van der Waals surface area (Å²) in [6, 6.07) is 9.86. The van der Waals surface area contributed by atoms with Gasteiger partial charge in [-0.15, -0.1) is 11.3 Å². The average Bonchev–Trinajstić information content (AvgIpc) is 3.14. The van der Waals surface area contributed by atoms with Gasteiger partial charge in [-0.2, -0.15) is 0 Å². The van der Waals surface area contributed by atoms with Crippen molar-refractivity contribution in [2.45, 2.75) is 18.9 Å². The molecule has 1 aromatic carbocycles. The van der Waals surface area contributed by atoms with Crippen LogP contribution in [0.15, 0.2) is 36.4 Å². The smallest absolute Gasteiger partial charge is 0.328 e. The van der Waals surface area contributed by atoms with Gasteiger partial charge in [-0.05, 0) is 36.2 Å². The van der Waals surface area contributed by atoms with E-state index in [2.05, 4.69) is 14.8 Å². The highest BCUT2D eigenvalue weighted by Gasteiger charge is 2.24. The fourth-order valence-electron chi connectivity index (χ4n) is 2.21. The van der Waals surface area contributed by atoms with Crippen LogP contribution < -0.4 is 5.32 Å². The maximum atomic E-state index is 12.4. The molecule has 1 heterocycles. The second-order valence-electron chi connectivity index (χ2n) is 5.33. The molecule has 0 bridgehead atoms. The fraction of sp³-hybridized carbons (Fsp3) is 0.278. The summed E-state index contributed by atoms with van der Waals surface area (Å²) < 4.78 is 9.24. The van der Waals surface area contributed by atoms with Gasteiger partial charge in [-0.3, -0.25) is 9.59 Å². The third-order valence-corrected chi connectivity index (χ3v) is 5.00. The summed E-state index contributed by atoms with van der Waals surface area (Å²) in [7, 11) is 2.49. The van der Waals surface area contributed by atoms with E-state index in [1.807, 2.05) is 18.2 Å². The van der Waals surface area contributed by atoms with Crippen molar-refractivity contribution < 1.29 is 23.9 Å². The summed E-state index contributed by atoms with van der Waals surface area (Å²) in [5.74, 6) is -1.48. The molecule has 1 aromatic heterocycles. The molecule has 26 heavy (non-hydrogen) atoms. The van der Waals surface area contributed by atoms with Gasteiger partial charge in [0, 0.05) is 16.3 Å². The molecule has 1 amide bonds. The van der Waals surface area contributed by atoms with E-state index in [0.717, 1.165) is 10.4 Å². The van der Waals surface area contributed by atoms with Gasteiger partial charge < -0.3 is 14.8 Å². The Hall–Kier alpha value is -2.38. The van der Waals surface area contributed by atoms with E-state index in [1.54, 1.807) is 18.2 Å². The molecule has 0 saturated heterocycles. The van der Waals surface area contributed by atoms with E-state index in [9.17, 15) is 14.4 Å². The molecule has 0 aliphatic rings. The Morgan fingerprint density at radius 3 is 2.38 bits per heavy atom. The Morgan fingerprint density at radius 2 is 1.77 bits per heavy atom. The van der Waals surface area contributed by atoms with Crippen LogP contribution in [0.4, 0.5) is 0 Å². The van der Waals surface area contributed by atoms with Crippen LogP contribution in [0.3, 0.4) is 0 Å². The molecule has 0 saturated carbocycles. The Morgan fingerprint density at radius 1 is 1.08 bits per heavy atom. The lowest BCUT2D eigenvalue weighted by molar-refractivity contribution is -0.144. The number of esters is 2. The van der Waals surface area contributed by atoms with Crippen LogP contribution in [0.2, 0.25) is 5.02 Å². The maximum Gasteiger partial charge on any atom is 0.328 e. The van der Waals surface area contributed by atoms with E-state index in [0.29, 0.717) is 9.90 Å². The van der Waals surface area contributed by atoms with Crippen molar-refractivity contribution in [3.63, 3.8) is 0 Å². The minimum atomic E-state index is -0.923. The van der Waals surface area contributed by atoms with E-state index >= 15 is 0 Å². The fourth-order valence-corrected chi connectivity index (χ4v) is 3.25. The van der Waals surface area contributed by atoms with Gasteiger partial charge in [0.25, 0.3) is 5.91 Å². The lowest BCUT2D eigenvalue weighted by Crippen LogP contribution is -2.41. The molecule has 0 spiro atoms. The van der Waals surface area contributed by atoms with Crippen molar-refractivity contribution >= 4 is 40.8 Å². The van der Waals surface area contributed by atoms with Crippen LogP contribution in [-0.4, -0.2) is 38.1 Å². The number of rotatable bonds is 7. The van der Waals surface area contributed by atoms with Gasteiger partial charge in [0.1, 0.15) is 6.04 Å². The van der Waals surface area contributed by atoms with Crippen molar-refractivity contribution in [1.82, 2.24) is 5.32 Å². The van der Waals surface area contributed by atoms with Crippen molar-refractivity contribution in [2.75, 3.05) is 14.2 Å². The third-order valence-electron chi connectivity index (χ3n) is 3.61. The van der Waals surface area contributed by atoms with Crippen molar-refractivity contribution in [3.8, 4) is 10.4 Å². The normalized spacial score (nSPS) is 11.5. The Balaban J connectivity index is 2.07. The number of hydrogen-bond acceptors (Lipinski definition) is 6. The van der Waals surface area contributed by atoms with E-state index in [1.165, 1.54) is 25.6 Å². The van der Waals surface area contributed by atoms with Crippen LogP contribution in [0.5, 0.6) is 0 Å². The SMILES string of the molecule is COC(=O)CC[C@H](NC(=O)c1ccc(-c2ccc(Cl)cc2)s1)C(=O)OC. The molecule has 0 fully saturated rings. The highest BCUT2D eigenvalue weighted by Crippen LogP contribution is 2.29. The number of thiophene rings is 1. The largest absolute Gasteiger partial charge is 0.469 e. The summed E-state index contributed by atoms with van der Waals surface area (Å²) in [4.78, 5) is 36.9. The van der Waals surface area contributed by atoms with Crippen LogP contribution in [0, 0.1) is 0 Å². The van der Waals surface area contributed by atoms with E-state index in [-0.39, 0.29) is 12.8 Å². The first-order valence-electron chi connectivity index (χ1n) is 7.76.